The first-order valence-corrected chi connectivity index (χ1v) is 7.44. The average molecular weight is 329 g/mol. The van der Waals surface area contributed by atoms with E-state index in [1.54, 1.807) is 17.0 Å². The second-order valence-corrected chi connectivity index (χ2v) is 5.42. The van der Waals surface area contributed by atoms with Gasteiger partial charge in [-0.15, -0.1) is 0 Å². The highest BCUT2D eigenvalue weighted by Gasteiger charge is 2.05. The van der Waals surface area contributed by atoms with Gasteiger partial charge >= 0.3 is 0 Å². The first-order chi connectivity index (χ1) is 9.63. The van der Waals surface area contributed by atoms with E-state index in [1.807, 2.05) is 12.1 Å². The molecular weight excluding hydrogens is 315 g/mol. The lowest BCUT2D eigenvalue weighted by Gasteiger charge is -2.01. The number of halogens is 2. The molecule has 4 nitrogen and oxygen atoms in total. The summed E-state index contributed by atoms with van der Waals surface area (Å²) in [5, 5.41) is 12.2. The number of aromatic nitrogens is 3. The number of hydrogen-bond donors (Lipinski definition) is 1. The van der Waals surface area contributed by atoms with E-state index in [9.17, 15) is 0 Å². The number of unbranched alkanes of at least 4 members (excludes halogenated alkanes) is 1. The maximum atomic E-state index is 6.11. The summed E-state index contributed by atoms with van der Waals surface area (Å²) in [5.74, 6) is 0.811. The summed E-state index contributed by atoms with van der Waals surface area (Å²) >= 11 is 17.3. The Kier molecular flexibility index (Phi) is 5.34. The maximum absolute atomic E-state index is 6.11. The lowest BCUT2D eigenvalue weighted by atomic mass is 10.2. The van der Waals surface area contributed by atoms with Crippen LogP contribution in [0.25, 0.3) is 0 Å². The van der Waals surface area contributed by atoms with Gasteiger partial charge in [0.25, 0.3) is 0 Å². The van der Waals surface area contributed by atoms with E-state index in [2.05, 4.69) is 22.2 Å². The number of hydrogen-bond acceptors (Lipinski definition) is 3. The standard InChI is InChI=1S/C13H14Cl2N4S/c1-2-3-7-11-17-18-13(20)19(11)16-8-9-5-4-6-10(14)12(9)15/h4-6,8H,2-3,7H2,1H3,(H,18,20)/b16-8-. The highest BCUT2D eigenvalue weighted by Crippen LogP contribution is 2.24. The summed E-state index contributed by atoms with van der Waals surface area (Å²) in [7, 11) is 0. The van der Waals surface area contributed by atoms with Crippen LogP contribution in [0.15, 0.2) is 23.3 Å². The predicted octanol–water partition coefficient (Wildman–Crippen LogP) is 4.47. The molecule has 1 aromatic carbocycles. The van der Waals surface area contributed by atoms with Crippen LogP contribution in [0.5, 0.6) is 0 Å². The Balaban J connectivity index is 2.29. The van der Waals surface area contributed by atoms with Crippen LogP contribution in [0.2, 0.25) is 10.0 Å². The summed E-state index contributed by atoms with van der Waals surface area (Å²) in [4.78, 5) is 0. The van der Waals surface area contributed by atoms with Crippen molar-refractivity contribution in [1.82, 2.24) is 14.9 Å². The number of nitrogens with one attached hydrogen (secondary N) is 1. The molecule has 0 fully saturated rings. The molecule has 0 amide bonds. The molecule has 20 heavy (non-hydrogen) atoms. The van der Waals surface area contributed by atoms with Crippen molar-refractivity contribution in [2.75, 3.05) is 0 Å². The topological polar surface area (TPSA) is 46.0 Å². The quantitative estimate of drug-likeness (QED) is 0.650. The maximum Gasteiger partial charge on any atom is 0.216 e. The van der Waals surface area contributed by atoms with Crippen LogP contribution in [-0.2, 0) is 6.42 Å². The van der Waals surface area contributed by atoms with Crippen molar-refractivity contribution in [2.45, 2.75) is 26.2 Å². The molecule has 106 valence electrons. The molecule has 0 aliphatic rings. The minimum atomic E-state index is 0.463. The van der Waals surface area contributed by atoms with Crippen molar-refractivity contribution in [3.63, 3.8) is 0 Å². The molecule has 0 atom stereocenters. The van der Waals surface area contributed by atoms with E-state index in [0.717, 1.165) is 30.7 Å². The number of benzene rings is 1. The van der Waals surface area contributed by atoms with Crippen LogP contribution >= 0.6 is 35.4 Å². The molecule has 0 spiro atoms. The van der Waals surface area contributed by atoms with Crippen molar-refractivity contribution in [2.24, 2.45) is 5.10 Å². The molecule has 2 rings (SSSR count). The van der Waals surface area contributed by atoms with E-state index >= 15 is 0 Å². The lowest BCUT2D eigenvalue weighted by molar-refractivity contribution is 0.700. The van der Waals surface area contributed by atoms with Gasteiger partial charge in [0.15, 0.2) is 5.82 Å². The summed E-state index contributed by atoms with van der Waals surface area (Å²) < 4.78 is 2.08. The fourth-order valence-electron chi connectivity index (χ4n) is 1.68. The Morgan fingerprint density at radius 2 is 2.25 bits per heavy atom. The third-order valence-corrected chi connectivity index (χ3v) is 3.86. The third-order valence-electron chi connectivity index (χ3n) is 2.77. The van der Waals surface area contributed by atoms with Crippen molar-refractivity contribution in [3.8, 4) is 0 Å². The summed E-state index contributed by atoms with van der Waals surface area (Å²) in [5.41, 5.74) is 0.740. The lowest BCUT2D eigenvalue weighted by Crippen LogP contribution is -1.99. The van der Waals surface area contributed by atoms with Gasteiger partial charge in [0.2, 0.25) is 4.77 Å². The van der Waals surface area contributed by atoms with Gasteiger partial charge < -0.3 is 0 Å². The molecule has 0 bridgehead atoms. The first kappa shape index (κ1) is 15.2. The Morgan fingerprint density at radius 3 is 3.00 bits per heavy atom. The van der Waals surface area contributed by atoms with Gasteiger partial charge in [0.05, 0.1) is 16.3 Å². The van der Waals surface area contributed by atoms with Gasteiger partial charge in [-0.3, -0.25) is 5.10 Å². The molecule has 0 aliphatic carbocycles. The minimum Gasteiger partial charge on any atom is -0.250 e. The van der Waals surface area contributed by atoms with E-state index in [4.69, 9.17) is 35.4 Å². The van der Waals surface area contributed by atoms with Crippen LogP contribution in [0.4, 0.5) is 0 Å². The number of H-pyrrole nitrogens is 1. The second-order valence-electron chi connectivity index (χ2n) is 4.25. The summed E-state index contributed by atoms with van der Waals surface area (Å²) in [6.07, 6.45) is 4.58. The van der Waals surface area contributed by atoms with E-state index in [-0.39, 0.29) is 0 Å². The van der Waals surface area contributed by atoms with E-state index in [0.29, 0.717) is 14.8 Å². The largest absolute Gasteiger partial charge is 0.250 e. The zero-order valence-electron chi connectivity index (χ0n) is 10.9. The van der Waals surface area contributed by atoms with Gasteiger partial charge in [-0.2, -0.15) is 14.9 Å². The van der Waals surface area contributed by atoms with Crippen LogP contribution < -0.4 is 0 Å². The van der Waals surface area contributed by atoms with E-state index < -0.39 is 0 Å². The number of nitrogens with zero attached hydrogens (tertiary/aromatic N) is 3. The van der Waals surface area contributed by atoms with Gasteiger partial charge in [0, 0.05) is 12.0 Å². The fraction of sp³-hybridized carbons (Fsp3) is 0.308. The number of aromatic amines is 1. The molecule has 1 heterocycles. The third kappa shape index (κ3) is 3.48. The molecule has 0 radical (unpaired) electrons. The van der Waals surface area contributed by atoms with Crippen molar-refractivity contribution < 1.29 is 0 Å². The second kappa shape index (κ2) is 7.02. The Labute approximate surface area is 132 Å². The zero-order chi connectivity index (χ0) is 14.5. The molecule has 0 saturated carbocycles. The van der Waals surface area contributed by atoms with Crippen molar-refractivity contribution >= 4 is 41.6 Å². The number of aryl methyl sites for hydroxylation is 1. The normalized spacial score (nSPS) is 11.3. The predicted molar refractivity (Wildman–Crippen MR) is 85.5 cm³/mol. The van der Waals surface area contributed by atoms with Crippen LogP contribution in [-0.4, -0.2) is 21.1 Å². The van der Waals surface area contributed by atoms with Gasteiger partial charge in [-0.05, 0) is 24.7 Å². The molecular formula is C13H14Cl2N4S. The highest BCUT2D eigenvalue weighted by atomic mass is 35.5. The molecule has 0 aliphatic heterocycles. The highest BCUT2D eigenvalue weighted by molar-refractivity contribution is 7.71. The average Bonchev–Trinajstić information content (AvgIpc) is 2.79. The Hall–Kier alpha value is -1.17. The molecule has 1 N–H and O–H groups in total. The monoisotopic (exact) mass is 328 g/mol. The van der Waals surface area contributed by atoms with Gasteiger partial charge in [-0.25, -0.2) is 0 Å². The summed E-state index contributed by atoms with van der Waals surface area (Å²) in [6, 6.07) is 5.40. The molecule has 1 aromatic heterocycles. The van der Waals surface area contributed by atoms with Crippen LogP contribution in [0, 0.1) is 4.77 Å². The SMILES string of the molecule is CCCCc1n[nH]c(=S)n1/N=C\c1cccc(Cl)c1Cl. The van der Waals surface area contributed by atoms with E-state index in [1.165, 1.54) is 0 Å². The smallest absolute Gasteiger partial charge is 0.216 e. The summed E-state index contributed by atoms with van der Waals surface area (Å²) in [6.45, 7) is 2.13. The van der Waals surface area contributed by atoms with Crippen LogP contribution in [0.3, 0.4) is 0 Å². The molecule has 0 saturated heterocycles. The minimum absolute atomic E-state index is 0.463. The first-order valence-electron chi connectivity index (χ1n) is 6.28. The zero-order valence-corrected chi connectivity index (χ0v) is 13.3. The van der Waals surface area contributed by atoms with Gasteiger partial charge in [-0.1, -0.05) is 48.7 Å². The van der Waals surface area contributed by atoms with Crippen molar-refractivity contribution in [3.05, 3.63) is 44.4 Å². The van der Waals surface area contributed by atoms with Crippen LogP contribution in [0.1, 0.15) is 31.2 Å². The van der Waals surface area contributed by atoms with Gasteiger partial charge in [0.1, 0.15) is 0 Å². The Morgan fingerprint density at radius 1 is 1.45 bits per heavy atom. The Bertz CT molecular complexity index is 675. The fourth-order valence-corrected chi connectivity index (χ4v) is 2.23. The number of rotatable bonds is 5. The molecule has 7 heteroatoms. The molecule has 0 unspecified atom stereocenters. The molecule has 2 aromatic rings. The van der Waals surface area contributed by atoms with Crippen molar-refractivity contribution in [1.29, 1.82) is 0 Å².